The van der Waals surface area contributed by atoms with Crippen LogP contribution in [0.3, 0.4) is 0 Å². The van der Waals surface area contributed by atoms with Crippen LogP contribution >= 0.6 is 0 Å². The first-order valence-electron chi connectivity index (χ1n) is 7.05. The molecule has 2 heterocycles. The summed E-state index contributed by atoms with van der Waals surface area (Å²) in [5, 5.41) is 5.24. The van der Waals surface area contributed by atoms with Crippen LogP contribution < -0.4 is 10.7 Å². The Morgan fingerprint density at radius 3 is 2.55 bits per heavy atom. The molecule has 0 amide bonds. The van der Waals surface area contributed by atoms with Crippen LogP contribution in [-0.4, -0.2) is 66.8 Å². The molecule has 1 aliphatic heterocycles. The second kappa shape index (κ2) is 7.37. The minimum absolute atomic E-state index is 0.434. The molecular formula is C13H24N6O. The lowest BCUT2D eigenvalue weighted by Gasteiger charge is -2.32. The van der Waals surface area contributed by atoms with Gasteiger partial charge in [0.25, 0.3) is 0 Å². The fourth-order valence-electron chi connectivity index (χ4n) is 2.02. The number of nitrogens with zero attached hydrogens (tertiary/aromatic N) is 4. The summed E-state index contributed by atoms with van der Waals surface area (Å²) in [6.07, 6.45) is 0. The van der Waals surface area contributed by atoms with Crippen molar-refractivity contribution < 1.29 is 4.74 Å². The Kier molecular flexibility index (Phi) is 5.51. The van der Waals surface area contributed by atoms with Gasteiger partial charge in [-0.15, -0.1) is 0 Å². The van der Waals surface area contributed by atoms with E-state index in [0.29, 0.717) is 19.0 Å². The molecule has 0 bridgehead atoms. The van der Waals surface area contributed by atoms with E-state index in [-0.39, 0.29) is 0 Å². The maximum Gasteiger partial charge on any atom is 0.158 e. The Morgan fingerprint density at radius 2 is 1.90 bits per heavy atom. The van der Waals surface area contributed by atoms with Crippen LogP contribution in [0.2, 0.25) is 0 Å². The van der Waals surface area contributed by atoms with Gasteiger partial charge < -0.3 is 20.4 Å². The zero-order valence-corrected chi connectivity index (χ0v) is 12.5. The van der Waals surface area contributed by atoms with Gasteiger partial charge in [0, 0.05) is 45.9 Å². The third-order valence-corrected chi connectivity index (χ3v) is 3.24. The van der Waals surface area contributed by atoms with Crippen molar-refractivity contribution in [2.24, 2.45) is 0 Å². The lowest BCUT2D eigenvalue weighted by Crippen LogP contribution is -2.47. The molecule has 7 heteroatoms. The Morgan fingerprint density at radius 1 is 1.20 bits per heavy atom. The molecule has 1 saturated heterocycles. The molecule has 2 N–H and O–H groups in total. The summed E-state index contributed by atoms with van der Waals surface area (Å²) >= 11 is 0. The van der Waals surface area contributed by atoms with Crippen LogP contribution in [0.4, 0.5) is 11.6 Å². The van der Waals surface area contributed by atoms with E-state index in [1.807, 2.05) is 20.0 Å². The second-order valence-corrected chi connectivity index (χ2v) is 4.84. The van der Waals surface area contributed by atoms with Crippen LogP contribution in [0, 0.1) is 0 Å². The van der Waals surface area contributed by atoms with Crippen molar-refractivity contribution in [3.05, 3.63) is 11.9 Å². The fourth-order valence-corrected chi connectivity index (χ4v) is 2.02. The molecule has 1 aliphatic rings. The van der Waals surface area contributed by atoms with E-state index in [0.717, 1.165) is 37.8 Å². The minimum Gasteiger partial charge on any atom is -0.374 e. The van der Waals surface area contributed by atoms with Crippen LogP contribution in [0.25, 0.3) is 0 Å². The number of ether oxygens (including phenoxy) is 1. The van der Waals surface area contributed by atoms with Gasteiger partial charge >= 0.3 is 0 Å². The Hall–Kier alpha value is -1.44. The first kappa shape index (κ1) is 15.0. The average Bonchev–Trinajstić information content (AvgIpc) is 2.47. The van der Waals surface area contributed by atoms with Crippen molar-refractivity contribution in [2.45, 2.75) is 13.5 Å². The quantitative estimate of drug-likeness (QED) is 0.792. The zero-order chi connectivity index (χ0) is 14.4. The summed E-state index contributed by atoms with van der Waals surface area (Å²) in [7, 11) is 3.99. The van der Waals surface area contributed by atoms with Gasteiger partial charge in [-0.1, -0.05) is 0 Å². The molecule has 0 atom stereocenters. The molecule has 1 fully saturated rings. The zero-order valence-electron chi connectivity index (χ0n) is 12.5. The van der Waals surface area contributed by atoms with Gasteiger partial charge in [-0.25, -0.2) is 15.0 Å². The molecule has 0 radical (unpaired) electrons. The predicted molar refractivity (Wildman–Crippen MR) is 79.6 cm³/mol. The summed E-state index contributed by atoms with van der Waals surface area (Å²) in [4.78, 5) is 11.2. The van der Waals surface area contributed by atoms with Crippen molar-refractivity contribution >= 4 is 11.6 Å². The molecule has 0 spiro atoms. The van der Waals surface area contributed by atoms with Gasteiger partial charge in [0.15, 0.2) is 5.82 Å². The number of nitrogens with one attached hydrogen (secondary N) is 2. The van der Waals surface area contributed by atoms with Gasteiger partial charge in [0.1, 0.15) is 18.2 Å². The van der Waals surface area contributed by atoms with E-state index in [4.69, 9.17) is 4.74 Å². The fraction of sp³-hybridized carbons (Fsp3) is 0.692. The number of hydrogen-bond acceptors (Lipinski definition) is 7. The highest BCUT2D eigenvalue weighted by atomic mass is 16.5. The normalized spacial score (nSPS) is 17.1. The number of aromatic nitrogens is 2. The summed E-state index contributed by atoms with van der Waals surface area (Å²) in [6.45, 7) is 7.14. The lowest BCUT2D eigenvalue weighted by atomic mass is 10.4. The van der Waals surface area contributed by atoms with E-state index >= 15 is 0 Å². The topological polar surface area (TPSA) is 65.6 Å². The molecule has 0 aliphatic carbocycles. The first-order valence-corrected chi connectivity index (χ1v) is 7.05. The standard InChI is InChI=1S/C13H24N6O/c1-4-20-10-13-15-11(14-2)9-12(16-13)17-19-7-5-18(3)6-8-19/h9H,4-8,10H2,1-3H3,(H2,14,15,16,17). The molecule has 1 aromatic rings. The number of hydrogen-bond donors (Lipinski definition) is 2. The highest BCUT2D eigenvalue weighted by molar-refractivity contribution is 5.46. The highest BCUT2D eigenvalue weighted by Gasteiger charge is 2.14. The molecular weight excluding hydrogens is 256 g/mol. The smallest absolute Gasteiger partial charge is 0.158 e. The SMILES string of the molecule is CCOCc1nc(NC)cc(NN2CCN(C)CC2)n1. The third kappa shape index (κ3) is 4.29. The van der Waals surface area contributed by atoms with Gasteiger partial charge in [0.05, 0.1) is 0 Å². The maximum absolute atomic E-state index is 5.38. The van der Waals surface area contributed by atoms with Gasteiger partial charge in [-0.3, -0.25) is 0 Å². The maximum atomic E-state index is 5.38. The van der Waals surface area contributed by atoms with Crippen molar-refractivity contribution in [1.82, 2.24) is 19.9 Å². The van der Waals surface area contributed by atoms with Crippen LogP contribution in [0.1, 0.15) is 12.7 Å². The molecule has 0 aromatic carbocycles. The predicted octanol–water partition coefficient (Wildman–Crippen LogP) is 0.629. The van der Waals surface area contributed by atoms with Gasteiger partial charge in [-0.2, -0.15) is 0 Å². The number of likely N-dealkylation sites (N-methyl/N-ethyl adjacent to an activating group) is 1. The Balaban J connectivity index is 2.02. The number of anilines is 2. The van der Waals surface area contributed by atoms with Crippen molar-refractivity contribution in [1.29, 1.82) is 0 Å². The van der Waals surface area contributed by atoms with E-state index in [1.165, 1.54) is 0 Å². The Labute approximate surface area is 120 Å². The summed E-state index contributed by atoms with van der Waals surface area (Å²) < 4.78 is 5.38. The highest BCUT2D eigenvalue weighted by Crippen LogP contribution is 2.13. The van der Waals surface area contributed by atoms with E-state index < -0.39 is 0 Å². The third-order valence-electron chi connectivity index (χ3n) is 3.24. The summed E-state index contributed by atoms with van der Waals surface area (Å²) in [5.41, 5.74) is 3.35. The van der Waals surface area contributed by atoms with Crippen molar-refractivity contribution in [2.75, 3.05) is 57.6 Å². The monoisotopic (exact) mass is 280 g/mol. The number of hydrazine groups is 1. The van der Waals surface area contributed by atoms with Gasteiger partial charge in [0.2, 0.25) is 0 Å². The molecule has 1 aromatic heterocycles. The Bertz CT molecular complexity index is 419. The number of rotatable bonds is 6. The first-order chi connectivity index (χ1) is 9.71. The number of piperazine rings is 1. The molecule has 20 heavy (non-hydrogen) atoms. The van der Waals surface area contributed by atoms with E-state index in [9.17, 15) is 0 Å². The largest absolute Gasteiger partial charge is 0.374 e. The summed E-state index contributed by atoms with van der Waals surface area (Å²) in [5.74, 6) is 2.30. The summed E-state index contributed by atoms with van der Waals surface area (Å²) in [6, 6.07) is 1.91. The lowest BCUT2D eigenvalue weighted by molar-refractivity contribution is 0.128. The van der Waals surface area contributed by atoms with Crippen molar-refractivity contribution in [3.8, 4) is 0 Å². The van der Waals surface area contributed by atoms with Crippen molar-refractivity contribution in [3.63, 3.8) is 0 Å². The van der Waals surface area contributed by atoms with Crippen LogP contribution in [0.15, 0.2) is 6.07 Å². The van der Waals surface area contributed by atoms with Crippen LogP contribution in [-0.2, 0) is 11.3 Å². The molecule has 7 nitrogen and oxygen atoms in total. The second-order valence-electron chi connectivity index (χ2n) is 4.84. The molecule has 112 valence electrons. The van der Waals surface area contributed by atoms with E-state index in [1.54, 1.807) is 0 Å². The molecule has 0 saturated carbocycles. The van der Waals surface area contributed by atoms with Gasteiger partial charge in [-0.05, 0) is 14.0 Å². The molecule has 2 rings (SSSR count). The van der Waals surface area contributed by atoms with E-state index in [2.05, 4.69) is 37.7 Å². The average molecular weight is 280 g/mol. The van der Waals surface area contributed by atoms with Crippen LogP contribution in [0.5, 0.6) is 0 Å². The minimum atomic E-state index is 0.434. The molecule has 0 unspecified atom stereocenters.